The number of ether oxygens (including phenoxy) is 1. The Balaban J connectivity index is 2.23. The summed E-state index contributed by atoms with van der Waals surface area (Å²) >= 11 is 2.23. The molecule has 0 radical (unpaired) electrons. The summed E-state index contributed by atoms with van der Waals surface area (Å²) in [5.74, 6) is 2.31. The van der Waals surface area contributed by atoms with E-state index in [1.165, 1.54) is 12.8 Å². The highest BCUT2D eigenvalue weighted by Gasteiger charge is 2.35. The summed E-state index contributed by atoms with van der Waals surface area (Å²) in [6.45, 7) is 2.73. The Morgan fingerprint density at radius 3 is 2.94 bits per heavy atom. The fourth-order valence-corrected chi connectivity index (χ4v) is 2.22. The molecule has 1 N–H and O–H groups in total. The van der Waals surface area contributed by atoms with Gasteiger partial charge in [0.25, 0.3) is 0 Å². The summed E-state index contributed by atoms with van der Waals surface area (Å²) in [4.78, 5) is 8.90. The van der Waals surface area contributed by atoms with Crippen molar-refractivity contribution in [3.05, 3.63) is 15.6 Å². The first-order valence-corrected chi connectivity index (χ1v) is 6.66. The van der Waals surface area contributed by atoms with Crippen molar-refractivity contribution in [1.82, 2.24) is 9.97 Å². The largest absolute Gasteiger partial charge is 0.372 e. The second-order valence-electron chi connectivity index (χ2n) is 3.89. The van der Waals surface area contributed by atoms with E-state index in [1.807, 2.05) is 20.2 Å². The van der Waals surface area contributed by atoms with Gasteiger partial charge in [-0.3, -0.25) is 0 Å². The van der Waals surface area contributed by atoms with Gasteiger partial charge in [-0.15, -0.1) is 0 Å². The van der Waals surface area contributed by atoms with Crippen LogP contribution in [-0.2, 0) is 4.74 Å². The molecule has 1 heterocycles. The standard InChI is InChI=1S/C11H16IN3O/c1-3-16-9(7-4-5-7)11-14-6-8(12)10(13-2)15-11/h6-7,9H,3-5H2,1-2H3,(H,13,14,15). The SMILES string of the molecule is CCOC(c1ncc(I)c(NC)n1)C1CC1. The Kier molecular flexibility index (Phi) is 3.96. The zero-order valence-electron chi connectivity index (χ0n) is 9.53. The van der Waals surface area contributed by atoms with Crippen molar-refractivity contribution in [2.75, 3.05) is 19.0 Å². The van der Waals surface area contributed by atoms with E-state index in [0.29, 0.717) is 12.5 Å². The van der Waals surface area contributed by atoms with Crippen molar-refractivity contribution in [2.24, 2.45) is 5.92 Å². The van der Waals surface area contributed by atoms with Gasteiger partial charge in [-0.05, 0) is 48.3 Å². The normalized spacial score (nSPS) is 17.2. The van der Waals surface area contributed by atoms with Crippen molar-refractivity contribution >= 4 is 28.4 Å². The number of halogens is 1. The number of nitrogens with zero attached hydrogens (tertiary/aromatic N) is 2. The van der Waals surface area contributed by atoms with Crippen molar-refractivity contribution in [3.8, 4) is 0 Å². The van der Waals surface area contributed by atoms with Crippen LogP contribution in [0.15, 0.2) is 6.20 Å². The van der Waals surface area contributed by atoms with E-state index >= 15 is 0 Å². The van der Waals surface area contributed by atoms with Gasteiger partial charge in [0.15, 0.2) is 5.82 Å². The molecule has 1 atom stereocenters. The lowest BCUT2D eigenvalue weighted by atomic mass is 10.2. The molecule has 16 heavy (non-hydrogen) atoms. The van der Waals surface area contributed by atoms with Crippen LogP contribution in [0, 0.1) is 9.49 Å². The second kappa shape index (κ2) is 5.27. The molecular formula is C11H16IN3O. The number of anilines is 1. The lowest BCUT2D eigenvalue weighted by molar-refractivity contribution is 0.0401. The fourth-order valence-electron chi connectivity index (χ4n) is 1.69. The monoisotopic (exact) mass is 333 g/mol. The molecule has 0 aliphatic heterocycles. The highest BCUT2D eigenvalue weighted by atomic mass is 127. The topological polar surface area (TPSA) is 47.0 Å². The molecular weight excluding hydrogens is 317 g/mol. The third-order valence-corrected chi connectivity index (χ3v) is 3.44. The van der Waals surface area contributed by atoms with E-state index in [-0.39, 0.29) is 6.10 Å². The number of aromatic nitrogens is 2. The lowest BCUT2D eigenvalue weighted by Gasteiger charge is -2.15. The maximum atomic E-state index is 5.74. The molecule has 1 saturated carbocycles. The molecule has 0 bridgehead atoms. The Bertz CT molecular complexity index is 368. The highest BCUT2D eigenvalue weighted by molar-refractivity contribution is 14.1. The van der Waals surface area contributed by atoms with Gasteiger partial charge < -0.3 is 10.1 Å². The Hall–Kier alpha value is -0.430. The van der Waals surface area contributed by atoms with Crippen LogP contribution >= 0.6 is 22.6 Å². The number of rotatable bonds is 5. The summed E-state index contributed by atoms with van der Waals surface area (Å²) in [5.41, 5.74) is 0. The van der Waals surface area contributed by atoms with Crippen LogP contribution in [0.1, 0.15) is 31.7 Å². The lowest BCUT2D eigenvalue weighted by Crippen LogP contribution is -2.12. The molecule has 0 aromatic carbocycles. The molecule has 4 nitrogen and oxygen atoms in total. The molecule has 1 fully saturated rings. The molecule has 1 unspecified atom stereocenters. The van der Waals surface area contributed by atoms with Crippen LogP contribution in [0.3, 0.4) is 0 Å². The Morgan fingerprint density at radius 1 is 1.62 bits per heavy atom. The van der Waals surface area contributed by atoms with Gasteiger partial charge in [-0.1, -0.05) is 0 Å². The molecule has 0 saturated heterocycles. The summed E-state index contributed by atoms with van der Waals surface area (Å²) in [7, 11) is 1.88. The molecule has 0 amide bonds. The van der Waals surface area contributed by atoms with E-state index < -0.39 is 0 Å². The van der Waals surface area contributed by atoms with Gasteiger partial charge in [0, 0.05) is 19.9 Å². The minimum atomic E-state index is 0.0779. The Labute approximate surface area is 109 Å². The molecule has 1 aromatic heterocycles. The van der Waals surface area contributed by atoms with Gasteiger partial charge in [-0.2, -0.15) is 0 Å². The molecule has 2 rings (SSSR count). The first-order chi connectivity index (χ1) is 7.76. The van der Waals surface area contributed by atoms with E-state index in [1.54, 1.807) is 0 Å². The predicted octanol–water partition coefficient (Wildman–Crippen LogP) is 2.61. The van der Waals surface area contributed by atoms with Gasteiger partial charge in [-0.25, -0.2) is 9.97 Å². The third kappa shape index (κ3) is 2.63. The van der Waals surface area contributed by atoms with Crippen molar-refractivity contribution in [1.29, 1.82) is 0 Å². The molecule has 1 aromatic rings. The van der Waals surface area contributed by atoms with E-state index in [2.05, 4.69) is 37.9 Å². The van der Waals surface area contributed by atoms with Crippen LogP contribution in [0.5, 0.6) is 0 Å². The maximum Gasteiger partial charge on any atom is 0.159 e. The van der Waals surface area contributed by atoms with Crippen LogP contribution < -0.4 is 5.32 Å². The van der Waals surface area contributed by atoms with Crippen LogP contribution in [0.4, 0.5) is 5.82 Å². The minimum absolute atomic E-state index is 0.0779. The van der Waals surface area contributed by atoms with Crippen molar-refractivity contribution in [3.63, 3.8) is 0 Å². The zero-order valence-corrected chi connectivity index (χ0v) is 11.7. The van der Waals surface area contributed by atoms with Gasteiger partial charge in [0.05, 0.1) is 3.57 Å². The molecule has 0 spiro atoms. The summed E-state index contributed by atoms with van der Waals surface area (Å²) in [6.07, 6.45) is 4.39. The number of hydrogen-bond donors (Lipinski definition) is 1. The molecule has 1 aliphatic rings. The smallest absolute Gasteiger partial charge is 0.159 e. The minimum Gasteiger partial charge on any atom is -0.372 e. The quantitative estimate of drug-likeness (QED) is 0.842. The van der Waals surface area contributed by atoms with Crippen molar-refractivity contribution < 1.29 is 4.74 Å². The first kappa shape index (κ1) is 12.0. The Morgan fingerprint density at radius 2 is 2.38 bits per heavy atom. The molecule has 88 valence electrons. The van der Waals surface area contributed by atoms with Crippen LogP contribution in [0.2, 0.25) is 0 Å². The first-order valence-electron chi connectivity index (χ1n) is 5.58. The number of hydrogen-bond acceptors (Lipinski definition) is 4. The average Bonchev–Trinajstić information content (AvgIpc) is 3.11. The van der Waals surface area contributed by atoms with Gasteiger partial charge in [0.2, 0.25) is 0 Å². The van der Waals surface area contributed by atoms with Gasteiger partial charge >= 0.3 is 0 Å². The van der Waals surface area contributed by atoms with Crippen LogP contribution in [-0.4, -0.2) is 23.6 Å². The average molecular weight is 333 g/mol. The van der Waals surface area contributed by atoms with E-state index in [9.17, 15) is 0 Å². The molecule has 5 heteroatoms. The maximum absolute atomic E-state index is 5.74. The third-order valence-electron chi connectivity index (χ3n) is 2.65. The second-order valence-corrected chi connectivity index (χ2v) is 5.05. The fraction of sp³-hybridized carbons (Fsp3) is 0.636. The zero-order chi connectivity index (χ0) is 11.5. The summed E-state index contributed by atoms with van der Waals surface area (Å²) < 4.78 is 6.77. The van der Waals surface area contributed by atoms with Gasteiger partial charge in [0.1, 0.15) is 11.9 Å². The summed E-state index contributed by atoms with van der Waals surface area (Å²) in [5, 5.41) is 3.08. The van der Waals surface area contributed by atoms with E-state index in [4.69, 9.17) is 4.74 Å². The summed E-state index contributed by atoms with van der Waals surface area (Å²) in [6, 6.07) is 0. The van der Waals surface area contributed by atoms with Crippen LogP contribution in [0.25, 0.3) is 0 Å². The molecule has 1 aliphatic carbocycles. The predicted molar refractivity (Wildman–Crippen MR) is 71.4 cm³/mol. The number of nitrogens with one attached hydrogen (secondary N) is 1. The highest BCUT2D eigenvalue weighted by Crippen LogP contribution is 2.42. The van der Waals surface area contributed by atoms with Crippen molar-refractivity contribution in [2.45, 2.75) is 25.9 Å². The van der Waals surface area contributed by atoms with E-state index in [0.717, 1.165) is 15.2 Å².